The number of nitrogens with zero attached hydrogens (tertiary/aromatic N) is 1. The molecular formula is C8H14N2O3S. The number of hydrogen-bond donors (Lipinski definition) is 3. The van der Waals surface area contributed by atoms with Crippen molar-refractivity contribution in [3.63, 3.8) is 0 Å². The van der Waals surface area contributed by atoms with Crippen LogP contribution in [0.1, 0.15) is 6.42 Å². The minimum atomic E-state index is -0.609. The Balaban J connectivity index is 2.02. The third kappa shape index (κ3) is 1.75. The molecule has 0 aromatic rings. The fourth-order valence-electron chi connectivity index (χ4n) is 1.66. The number of thioether (sulfide) groups is 1. The lowest BCUT2D eigenvalue weighted by atomic mass is 10.0. The summed E-state index contributed by atoms with van der Waals surface area (Å²) in [6.45, 7) is -0.139. The van der Waals surface area contributed by atoms with E-state index in [4.69, 9.17) is 9.84 Å². The van der Waals surface area contributed by atoms with Gasteiger partial charge < -0.3 is 20.3 Å². The molecule has 0 unspecified atom stereocenters. The van der Waals surface area contributed by atoms with E-state index in [1.165, 1.54) is 11.8 Å². The van der Waals surface area contributed by atoms with Gasteiger partial charge in [-0.2, -0.15) is 0 Å². The number of ether oxygens (including phenoxy) is 1. The van der Waals surface area contributed by atoms with Crippen LogP contribution in [0.3, 0.4) is 0 Å². The van der Waals surface area contributed by atoms with E-state index in [2.05, 4.69) is 10.3 Å². The highest BCUT2D eigenvalue weighted by Gasteiger charge is 2.41. The largest absolute Gasteiger partial charge is 0.394 e. The summed E-state index contributed by atoms with van der Waals surface area (Å²) in [5, 5.41) is 22.3. The summed E-state index contributed by atoms with van der Waals surface area (Å²) < 4.78 is 5.51. The Morgan fingerprint density at radius 3 is 3.14 bits per heavy atom. The third-order valence-electron chi connectivity index (χ3n) is 2.44. The van der Waals surface area contributed by atoms with Crippen LogP contribution in [0.5, 0.6) is 0 Å². The van der Waals surface area contributed by atoms with Gasteiger partial charge in [-0.05, 0) is 0 Å². The number of nitrogens with one attached hydrogen (secondary N) is 1. The van der Waals surface area contributed by atoms with E-state index in [1.54, 1.807) is 0 Å². The molecule has 0 spiro atoms. The Morgan fingerprint density at radius 1 is 1.71 bits per heavy atom. The maximum Gasteiger partial charge on any atom is 0.159 e. The first kappa shape index (κ1) is 10.2. The summed E-state index contributed by atoms with van der Waals surface area (Å²) >= 11 is 1.51. The van der Waals surface area contributed by atoms with E-state index < -0.39 is 12.2 Å². The van der Waals surface area contributed by atoms with Crippen LogP contribution in [0.15, 0.2) is 4.99 Å². The van der Waals surface area contributed by atoms with E-state index in [1.807, 2.05) is 7.05 Å². The molecule has 2 aliphatic heterocycles. The van der Waals surface area contributed by atoms with E-state index >= 15 is 0 Å². The predicted molar refractivity (Wildman–Crippen MR) is 54.2 cm³/mol. The van der Waals surface area contributed by atoms with Crippen LogP contribution in [0.25, 0.3) is 0 Å². The normalized spacial score (nSPS) is 41.8. The summed E-state index contributed by atoms with van der Waals surface area (Å²) in [6, 6.07) is 0.0141. The van der Waals surface area contributed by atoms with Gasteiger partial charge in [-0.15, -0.1) is 0 Å². The van der Waals surface area contributed by atoms with E-state index in [9.17, 15) is 5.11 Å². The molecular weight excluding hydrogens is 204 g/mol. The van der Waals surface area contributed by atoms with Crippen LogP contribution in [0.4, 0.5) is 0 Å². The van der Waals surface area contributed by atoms with Crippen molar-refractivity contribution in [2.45, 2.75) is 30.1 Å². The minimum absolute atomic E-state index is 0.0141. The quantitative estimate of drug-likeness (QED) is 0.534. The summed E-state index contributed by atoms with van der Waals surface area (Å²) in [5.74, 6) is 0. The van der Waals surface area contributed by atoms with Gasteiger partial charge in [-0.25, -0.2) is 0 Å². The highest BCUT2D eigenvalue weighted by Crippen LogP contribution is 2.35. The van der Waals surface area contributed by atoms with E-state index in [0.717, 1.165) is 5.17 Å². The molecule has 0 bridgehead atoms. The van der Waals surface area contributed by atoms with Crippen LogP contribution in [0, 0.1) is 0 Å². The highest BCUT2D eigenvalue weighted by molar-refractivity contribution is 8.14. The molecule has 2 aliphatic rings. The van der Waals surface area contributed by atoms with Crippen molar-refractivity contribution in [1.82, 2.24) is 5.32 Å². The van der Waals surface area contributed by atoms with Gasteiger partial charge in [-0.1, -0.05) is 11.8 Å². The monoisotopic (exact) mass is 218 g/mol. The van der Waals surface area contributed by atoms with Crippen molar-refractivity contribution >= 4 is 16.9 Å². The molecule has 0 saturated carbocycles. The van der Waals surface area contributed by atoms with Gasteiger partial charge in [0, 0.05) is 13.5 Å². The number of aliphatic hydroxyl groups excluding tert-OH is 2. The topological polar surface area (TPSA) is 74.1 Å². The smallest absolute Gasteiger partial charge is 0.159 e. The molecule has 6 heteroatoms. The van der Waals surface area contributed by atoms with Gasteiger partial charge in [0.25, 0.3) is 0 Å². The molecule has 5 nitrogen and oxygen atoms in total. The molecule has 1 fully saturated rings. The Hall–Kier alpha value is -0.300. The zero-order valence-electron chi connectivity index (χ0n) is 7.88. The molecule has 2 rings (SSSR count). The van der Waals surface area contributed by atoms with Crippen LogP contribution in [-0.2, 0) is 4.74 Å². The number of aliphatic hydroxyl groups is 2. The molecule has 0 radical (unpaired) electrons. The van der Waals surface area contributed by atoms with Gasteiger partial charge in [0.15, 0.2) is 5.17 Å². The summed E-state index contributed by atoms with van der Waals surface area (Å²) in [5.41, 5.74) is -0.0574. The van der Waals surface area contributed by atoms with Gasteiger partial charge in [0.2, 0.25) is 0 Å². The zero-order chi connectivity index (χ0) is 10.1. The molecule has 2 heterocycles. The van der Waals surface area contributed by atoms with Crippen molar-refractivity contribution in [2.24, 2.45) is 4.99 Å². The zero-order valence-corrected chi connectivity index (χ0v) is 8.70. The molecule has 4 atom stereocenters. The lowest BCUT2D eigenvalue weighted by molar-refractivity contribution is -0.111. The molecule has 3 N–H and O–H groups in total. The van der Waals surface area contributed by atoms with Gasteiger partial charge in [-0.3, -0.25) is 4.99 Å². The van der Waals surface area contributed by atoms with Crippen molar-refractivity contribution in [1.29, 1.82) is 0 Å². The number of aliphatic imine (C=N–C) groups is 1. The summed E-state index contributed by atoms with van der Waals surface area (Å²) in [6.07, 6.45) is -0.509. The first-order valence-corrected chi connectivity index (χ1v) is 5.49. The fourth-order valence-corrected chi connectivity index (χ4v) is 2.72. The van der Waals surface area contributed by atoms with Crippen molar-refractivity contribution < 1.29 is 14.9 Å². The Bertz CT molecular complexity index is 249. The van der Waals surface area contributed by atoms with Gasteiger partial charge in [0.1, 0.15) is 11.5 Å². The van der Waals surface area contributed by atoms with Crippen molar-refractivity contribution in [3.05, 3.63) is 0 Å². The minimum Gasteiger partial charge on any atom is -0.394 e. The first-order valence-electron chi connectivity index (χ1n) is 4.61. The third-order valence-corrected chi connectivity index (χ3v) is 3.63. The summed E-state index contributed by atoms with van der Waals surface area (Å²) in [4.78, 5) is 4.35. The SMILES string of the molecule is CNC1=N[C@@H]2C[C@@H](O)[C@@H](CO)O[C@@H]2S1. The Morgan fingerprint density at radius 2 is 2.50 bits per heavy atom. The second kappa shape index (κ2) is 4.06. The molecule has 0 aromatic carbocycles. The van der Waals surface area contributed by atoms with Crippen LogP contribution < -0.4 is 5.32 Å². The Kier molecular flexibility index (Phi) is 2.96. The average Bonchev–Trinajstić information content (AvgIpc) is 2.58. The molecule has 0 aliphatic carbocycles. The fraction of sp³-hybridized carbons (Fsp3) is 0.875. The molecule has 0 aromatic heterocycles. The molecule has 14 heavy (non-hydrogen) atoms. The van der Waals surface area contributed by atoms with Crippen molar-refractivity contribution in [3.8, 4) is 0 Å². The van der Waals surface area contributed by atoms with Gasteiger partial charge in [0.05, 0.1) is 18.8 Å². The van der Waals surface area contributed by atoms with Crippen molar-refractivity contribution in [2.75, 3.05) is 13.7 Å². The molecule has 1 saturated heterocycles. The van der Waals surface area contributed by atoms with Crippen LogP contribution in [0.2, 0.25) is 0 Å². The lowest BCUT2D eigenvalue weighted by Crippen LogP contribution is -2.45. The summed E-state index contributed by atoms with van der Waals surface area (Å²) in [7, 11) is 1.81. The van der Waals surface area contributed by atoms with E-state index in [-0.39, 0.29) is 18.1 Å². The second-order valence-electron chi connectivity index (χ2n) is 3.40. The number of fused-ring (bicyclic) bond motifs is 1. The lowest BCUT2D eigenvalue weighted by Gasteiger charge is -2.33. The number of hydrogen-bond acceptors (Lipinski definition) is 6. The number of amidine groups is 1. The van der Waals surface area contributed by atoms with Crippen LogP contribution in [-0.4, -0.2) is 52.7 Å². The molecule has 80 valence electrons. The second-order valence-corrected chi connectivity index (χ2v) is 4.49. The first-order chi connectivity index (χ1) is 6.74. The maximum absolute atomic E-state index is 9.59. The predicted octanol–water partition coefficient (Wildman–Crippen LogP) is -0.855. The van der Waals surface area contributed by atoms with Gasteiger partial charge >= 0.3 is 0 Å². The number of rotatable bonds is 1. The van der Waals surface area contributed by atoms with E-state index in [0.29, 0.717) is 6.42 Å². The van der Waals surface area contributed by atoms with Crippen LogP contribution >= 0.6 is 11.8 Å². The standard InChI is InChI=1S/C8H14N2O3S/c1-9-8-10-4-2-5(12)6(3-11)13-7(4)14-8/h4-7,11-12H,2-3H2,1H3,(H,9,10)/t4-,5-,6-,7-/m1/s1. The Labute approximate surface area is 86.6 Å². The highest BCUT2D eigenvalue weighted by atomic mass is 32.2. The maximum atomic E-state index is 9.59. The average molecular weight is 218 g/mol. The molecule has 0 amide bonds.